The third kappa shape index (κ3) is 4.15. The van der Waals surface area contributed by atoms with Crippen molar-refractivity contribution >= 4 is 5.91 Å². The maximum Gasteiger partial charge on any atom is 0.251 e. The summed E-state index contributed by atoms with van der Waals surface area (Å²) in [5.74, 6) is -0.0532. The molecule has 1 heterocycles. The summed E-state index contributed by atoms with van der Waals surface area (Å²) in [5.41, 5.74) is 5.35. The second-order valence-corrected chi connectivity index (χ2v) is 6.49. The van der Waals surface area contributed by atoms with Gasteiger partial charge in [-0.3, -0.25) is 4.79 Å². The molecule has 0 aliphatic rings. The zero-order valence-electron chi connectivity index (χ0n) is 14.9. The van der Waals surface area contributed by atoms with Gasteiger partial charge >= 0.3 is 0 Å². The van der Waals surface area contributed by atoms with E-state index in [1.165, 1.54) is 11.1 Å². The van der Waals surface area contributed by atoms with E-state index in [1.807, 2.05) is 42.0 Å². The summed E-state index contributed by atoms with van der Waals surface area (Å²) in [7, 11) is 0. The highest BCUT2D eigenvalue weighted by Gasteiger charge is 2.13. The van der Waals surface area contributed by atoms with Crippen LogP contribution in [0.2, 0.25) is 0 Å². The number of nitrogens with one attached hydrogen (secondary N) is 1. The second kappa shape index (κ2) is 7.34. The largest absolute Gasteiger partial charge is 0.346 e. The zero-order chi connectivity index (χ0) is 17.8. The summed E-state index contributed by atoms with van der Waals surface area (Å²) < 4.78 is 2.00. The maximum absolute atomic E-state index is 12.5. The van der Waals surface area contributed by atoms with Crippen LogP contribution in [-0.2, 0) is 6.54 Å². The topological polar surface area (TPSA) is 46.9 Å². The van der Waals surface area contributed by atoms with E-state index in [0.29, 0.717) is 5.56 Å². The van der Waals surface area contributed by atoms with Crippen LogP contribution in [0.25, 0.3) is 0 Å². The van der Waals surface area contributed by atoms with Crippen molar-refractivity contribution in [3.8, 4) is 0 Å². The molecule has 4 heteroatoms. The number of hydrogen-bond acceptors (Lipinski definition) is 2. The van der Waals surface area contributed by atoms with Gasteiger partial charge in [-0.05, 0) is 49.6 Å². The highest BCUT2D eigenvalue weighted by molar-refractivity contribution is 5.94. The van der Waals surface area contributed by atoms with E-state index in [4.69, 9.17) is 0 Å². The first kappa shape index (κ1) is 17.0. The molecule has 0 saturated carbocycles. The number of carbonyl (C=O) groups is 1. The molecule has 1 amide bonds. The molecule has 3 aromatic rings. The van der Waals surface area contributed by atoms with Crippen molar-refractivity contribution < 1.29 is 4.79 Å². The van der Waals surface area contributed by atoms with Crippen molar-refractivity contribution in [3.05, 3.63) is 89.0 Å². The van der Waals surface area contributed by atoms with E-state index in [2.05, 4.69) is 42.3 Å². The molecular formula is C21H23N3O. The lowest BCUT2D eigenvalue weighted by atomic mass is 9.99. The van der Waals surface area contributed by atoms with Gasteiger partial charge in [0.2, 0.25) is 0 Å². The summed E-state index contributed by atoms with van der Waals surface area (Å²) in [5, 5.41) is 3.09. The van der Waals surface area contributed by atoms with Gasteiger partial charge in [-0.1, -0.05) is 35.9 Å². The van der Waals surface area contributed by atoms with Gasteiger partial charge in [0.25, 0.3) is 5.91 Å². The van der Waals surface area contributed by atoms with E-state index >= 15 is 0 Å². The quantitative estimate of drug-likeness (QED) is 0.766. The van der Waals surface area contributed by atoms with Gasteiger partial charge < -0.3 is 9.88 Å². The fourth-order valence-electron chi connectivity index (χ4n) is 2.94. The smallest absolute Gasteiger partial charge is 0.251 e. The Balaban J connectivity index is 1.67. The molecule has 1 atom stereocenters. The van der Waals surface area contributed by atoms with Gasteiger partial charge in [0.1, 0.15) is 0 Å². The predicted octanol–water partition coefficient (Wildman–Crippen LogP) is 4.04. The normalized spacial score (nSPS) is 12.0. The number of rotatable bonds is 5. The van der Waals surface area contributed by atoms with Gasteiger partial charge in [0.15, 0.2) is 0 Å². The zero-order valence-corrected chi connectivity index (χ0v) is 14.9. The van der Waals surface area contributed by atoms with Crippen molar-refractivity contribution in [2.45, 2.75) is 33.4 Å². The van der Waals surface area contributed by atoms with E-state index in [0.717, 1.165) is 17.7 Å². The SMILES string of the molecule is Cc1ccc(C)c([C@H](C)NC(=O)c2ccc(Cn3ccnc3)cc2)c1. The average Bonchev–Trinajstić information content (AvgIpc) is 3.10. The lowest BCUT2D eigenvalue weighted by Gasteiger charge is -2.17. The highest BCUT2D eigenvalue weighted by atomic mass is 16.1. The van der Waals surface area contributed by atoms with Crippen LogP contribution in [0.4, 0.5) is 0 Å². The molecule has 1 aromatic heterocycles. The molecular weight excluding hydrogens is 310 g/mol. The van der Waals surface area contributed by atoms with Crippen LogP contribution in [0.15, 0.2) is 61.2 Å². The van der Waals surface area contributed by atoms with Crippen molar-refractivity contribution in [1.29, 1.82) is 0 Å². The molecule has 0 unspecified atom stereocenters. The lowest BCUT2D eigenvalue weighted by Crippen LogP contribution is -2.27. The number of imidazole rings is 1. The number of carbonyl (C=O) groups excluding carboxylic acids is 1. The van der Waals surface area contributed by atoms with Gasteiger partial charge in [-0.25, -0.2) is 4.98 Å². The predicted molar refractivity (Wildman–Crippen MR) is 99.6 cm³/mol. The summed E-state index contributed by atoms with van der Waals surface area (Å²) in [6.45, 7) is 6.91. The van der Waals surface area contributed by atoms with Crippen LogP contribution in [0.1, 0.15) is 45.6 Å². The highest BCUT2D eigenvalue weighted by Crippen LogP contribution is 2.19. The minimum absolute atomic E-state index is 0.0296. The number of aryl methyl sites for hydroxylation is 2. The third-order valence-electron chi connectivity index (χ3n) is 4.39. The minimum Gasteiger partial charge on any atom is -0.346 e. The molecule has 0 saturated heterocycles. The van der Waals surface area contributed by atoms with Gasteiger partial charge in [-0.2, -0.15) is 0 Å². The van der Waals surface area contributed by atoms with Crippen LogP contribution in [0.3, 0.4) is 0 Å². The number of hydrogen-bond donors (Lipinski definition) is 1. The number of aromatic nitrogens is 2. The average molecular weight is 333 g/mol. The Labute approximate surface area is 148 Å². The molecule has 4 nitrogen and oxygen atoms in total. The summed E-state index contributed by atoms with van der Waals surface area (Å²) in [6.07, 6.45) is 5.47. The van der Waals surface area contributed by atoms with E-state index in [-0.39, 0.29) is 11.9 Å². The van der Waals surface area contributed by atoms with Crippen molar-refractivity contribution in [1.82, 2.24) is 14.9 Å². The molecule has 0 spiro atoms. The first-order valence-electron chi connectivity index (χ1n) is 8.45. The molecule has 0 radical (unpaired) electrons. The Morgan fingerprint density at radius 2 is 1.92 bits per heavy atom. The Morgan fingerprint density at radius 3 is 2.60 bits per heavy atom. The Kier molecular flexibility index (Phi) is 4.98. The number of amides is 1. The van der Waals surface area contributed by atoms with Crippen molar-refractivity contribution in [2.75, 3.05) is 0 Å². The molecule has 0 fully saturated rings. The summed E-state index contributed by atoms with van der Waals surface area (Å²) in [6, 6.07) is 14.0. The lowest BCUT2D eigenvalue weighted by molar-refractivity contribution is 0.0940. The molecule has 25 heavy (non-hydrogen) atoms. The first-order chi connectivity index (χ1) is 12.0. The van der Waals surface area contributed by atoms with Gasteiger partial charge in [0, 0.05) is 24.5 Å². The standard InChI is InChI=1S/C21H23N3O/c1-15-4-5-16(2)20(12-15)17(3)23-21(25)19-8-6-18(7-9-19)13-24-11-10-22-14-24/h4-12,14,17H,13H2,1-3H3,(H,23,25)/t17-/m0/s1. The van der Waals surface area contributed by atoms with Crippen molar-refractivity contribution in [2.24, 2.45) is 0 Å². The molecule has 0 aliphatic carbocycles. The Morgan fingerprint density at radius 1 is 1.16 bits per heavy atom. The summed E-state index contributed by atoms with van der Waals surface area (Å²) >= 11 is 0. The molecule has 0 aliphatic heterocycles. The van der Waals surface area contributed by atoms with E-state index < -0.39 is 0 Å². The third-order valence-corrected chi connectivity index (χ3v) is 4.39. The van der Waals surface area contributed by atoms with Crippen LogP contribution < -0.4 is 5.32 Å². The Bertz CT molecular complexity index is 851. The van der Waals surface area contributed by atoms with Crippen LogP contribution >= 0.6 is 0 Å². The fourth-order valence-corrected chi connectivity index (χ4v) is 2.94. The monoisotopic (exact) mass is 333 g/mol. The fraction of sp³-hybridized carbons (Fsp3) is 0.238. The van der Waals surface area contributed by atoms with Crippen LogP contribution in [0, 0.1) is 13.8 Å². The number of nitrogens with zero attached hydrogens (tertiary/aromatic N) is 2. The molecule has 1 N–H and O–H groups in total. The minimum atomic E-state index is -0.0532. The van der Waals surface area contributed by atoms with Crippen molar-refractivity contribution in [3.63, 3.8) is 0 Å². The molecule has 128 valence electrons. The van der Waals surface area contributed by atoms with Gasteiger partial charge in [0.05, 0.1) is 12.4 Å². The van der Waals surface area contributed by atoms with Crippen LogP contribution in [-0.4, -0.2) is 15.5 Å². The second-order valence-electron chi connectivity index (χ2n) is 6.49. The first-order valence-corrected chi connectivity index (χ1v) is 8.45. The molecule has 3 rings (SSSR count). The number of benzene rings is 2. The molecule has 2 aromatic carbocycles. The summed E-state index contributed by atoms with van der Waals surface area (Å²) in [4.78, 5) is 16.6. The van der Waals surface area contributed by atoms with E-state index in [9.17, 15) is 4.79 Å². The molecule has 0 bridgehead atoms. The maximum atomic E-state index is 12.5. The van der Waals surface area contributed by atoms with E-state index in [1.54, 1.807) is 12.5 Å². The van der Waals surface area contributed by atoms with Gasteiger partial charge in [-0.15, -0.1) is 0 Å². The Hall–Kier alpha value is -2.88. The van der Waals surface area contributed by atoms with Crippen LogP contribution in [0.5, 0.6) is 0 Å².